The van der Waals surface area contributed by atoms with Gasteiger partial charge in [0.25, 0.3) is 0 Å². The highest BCUT2D eigenvalue weighted by molar-refractivity contribution is 6.05. The van der Waals surface area contributed by atoms with Crippen molar-refractivity contribution in [1.82, 2.24) is 0 Å². The van der Waals surface area contributed by atoms with Crippen LogP contribution in [-0.2, 0) is 4.79 Å². The summed E-state index contributed by atoms with van der Waals surface area (Å²) in [5.74, 6) is -2.71. The zero-order valence-electron chi connectivity index (χ0n) is 9.98. The highest BCUT2D eigenvalue weighted by Gasteiger charge is 2.66. The molecule has 1 N–H and O–H groups in total. The van der Waals surface area contributed by atoms with Crippen LogP contribution in [0.1, 0.15) is 33.6 Å². The Morgan fingerprint density at radius 2 is 1.88 bits per heavy atom. The van der Waals surface area contributed by atoms with Crippen molar-refractivity contribution in [1.29, 1.82) is 0 Å². The maximum absolute atomic E-state index is 12.5. The summed E-state index contributed by atoms with van der Waals surface area (Å²) in [4.78, 5) is 12.1. The smallest absolute Gasteiger partial charge is 0.449 e. The van der Waals surface area contributed by atoms with Gasteiger partial charge < -0.3 is 5.11 Å². The van der Waals surface area contributed by atoms with Crippen LogP contribution in [0, 0.1) is 16.7 Å². The molecule has 0 amide bonds. The topological polar surface area (TPSA) is 37.3 Å². The molecule has 2 fully saturated rings. The number of carbonyl (C=O) groups excluding carboxylic acids is 1. The average Bonchev–Trinajstić information content (AvgIpc) is 2.47. The van der Waals surface area contributed by atoms with Gasteiger partial charge in [-0.15, -0.1) is 0 Å². The molecule has 0 unspecified atom stereocenters. The van der Waals surface area contributed by atoms with Gasteiger partial charge in [0.1, 0.15) is 0 Å². The van der Waals surface area contributed by atoms with E-state index in [1.165, 1.54) is 0 Å². The molecule has 0 heterocycles. The third-order valence-electron chi connectivity index (χ3n) is 4.84. The summed E-state index contributed by atoms with van der Waals surface area (Å²) in [6.07, 6.45) is -3.70. The van der Waals surface area contributed by atoms with E-state index < -0.39 is 40.0 Å². The van der Waals surface area contributed by atoms with Crippen molar-refractivity contribution >= 4 is 5.78 Å². The van der Waals surface area contributed by atoms with E-state index in [9.17, 15) is 23.1 Å². The summed E-state index contributed by atoms with van der Waals surface area (Å²) in [6.45, 7) is 5.31. The number of hydrogen-bond acceptors (Lipinski definition) is 2. The normalized spacial score (nSPS) is 38.7. The van der Waals surface area contributed by atoms with Crippen LogP contribution in [0.25, 0.3) is 0 Å². The van der Waals surface area contributed by atoms with Crippen LogP contribution in [0.5, 0.6) is 0 Å². The second-order valence-corrected chi connectivity index (χ2v) is 5.73. The fraction of sp³-hybridized carbons (Fsp3) is 0.750. The number of carbonyl (C=O) groups is 1. The minimum Gasteiger partial charge on any atom is -0.504 e. The Hall–Kier alpha value is -1.00. The molecule has 2 saturated carbocycles. The molecule has 2 rings (SSSR count). The average molecular weight is 248 g/mol. The van der Waals surface area contributed by atoms with Crippen molar-refractivity contribution in [3.8, 4) is 0 Å². The van der Waals surface area contributed by atoms with Crippen LogP contribution >= 0.6 is 0 Å². The summed E-state index contributed by atoms with van der Waals surface area (Å²) < 4.78 is 37.5. The molecule has 96 valence electrons. The van der Waals surface area contributed by atoms with Crippen LogP contribution in [0.2, 0.25) is 0 Å². The SMILES string of the molecule is CC1(C)[C@@H]2CC[C@@]1(C)C(=O)/C2=C(/O)C(F)(F)F. The number of aliphatic hydroxyl groups is 1. The number of halogens is 3. The largest absolute Gasteiger partial charge is 0.504 e. The molecule has 0 spiro atoms. The number of fused-ring (bicyclic) bond motifs is 2. The standard InChI is InChI=1S/C12H15F3O2/c1-10(2)6-4-5-11(10,3)8(16)7(6)9(17)12(13,14)15/h6,17H,4-5H2,1-3H3/b9-7+/t6-,11+/m1/s1. The summed E-state index contributed by atoms with van der Waals surface area (Å²) in [5.41, 5.74) is -1.69. The predicted octanol–water partition coefficient (Wildman–Crippen LogP) is 3.39. The molecular weight excluding hydrogens is 233 g/mol. The Kier molecular flexibility index (Phi) is 2.24. The molecule has 2 aliphatic rings. The Bertz CT molecular complexity index is 420. The third-order valence-corrected chi connectivity index (χ3v) is 4.84. The molecule has 0 aromatic rings. The first-order valence-electron chi connectivity index (χ1n) is 5.58. The van der Waals surface area contributed by atoms with Gasteiger partial charge in [-0.1, -0.05) is 20.8 Å². The van der Waals surface area contributed by atoms with Crippen molar-refractivity contribution in [2.45, 2.75) is 39.8 Å². The first-order chi connectivity index (χ1) is 7.53. The maximum atomic E-state index is 12.5. The molecule has 0 aromatic heterocycles. The Labute approximate surface area is 97.5 Å². The molecule has 0 radical (unpaired) electrons. The zero-order chi connectivity index (χ0) is 13.2. The second-order valence-electron chi connectivity index (χ2n) is 5.73. The minimum atomic E-state index is -4.83. The lowest BCUT2D eigenvalue weighted by atomic mass is 9.70. The van der Waals surface area contributed by atoms with Crippen LogP contribution in [0.15, 0.2) is 11.3 Å². The third kappa shape index (κ3) is 1.31. The molecule has 17 heavy (non-hydrogen) atoms. The lowest BCUT2D eigenvalue weighted by Crippen LogP contribution is -2.32. The number of Topliss-reactive ketones (excluding diaryl/α,β-unsaturated/α-hetero) is 1. The van der Waals surface area contributed by atoms with Crippen molar-refractivity contribution in [2.24, 2.45) is 16.7 Å². The van der Waals surface area contributed by atoms with Crippen LogP contribution in [-0.4, -0.2) is 17.1 Å². The van der Waals surface area contributed by atoms with Gasteiger partial charge in [0, 0.05) is 11.0 Å². The monoisotopic (exact) mass is 248 g/mol. The minimum absolute atomic E-state index is 0.406. The summed E-state index contributed by atoms with van der Waals surface area (Å²) in [5, 5.41) is 9.26. The van der Waals surface area contributed by atoms with E-state index in [1.54, 1.807) is 20.8 Å². The van der Waals surface area contributed by atoms with Gasteiger partial charge in [-0.05, 0) is 24.2 Å². The molecule has 2 bridgehead atoms. The lowest BCUT2D eigenvalue weighted by molar-refractivity contribution is -0.131. The Morgan fingerprint density at radius 3 is 2.24 bits per heavy atom. The van der Waals surface area contributed by atoms with E-state index in [1.807, 2.05) is 0 Å². The van der Waals surface area contributed by atoms with E-state index in [-0.39, 0.29) is 0 Å². The van der Waals surface area contributed by atoms with Gasteiger partial charge in [-0.25, -0.2) is 0 Å². The maximum Gasteiger partial charge on any atom is 0.449 e. The number of hydrogen-bond donors (Lipinski definition) is 1. The molecule has 5 heteroatoms. The summed E-state index contributed by atoms with van der Waals surface area (Å²) in [7, 11) is 0. The predicted molar refractivity (Wildman–Crippen MR) is 55.3 cm³/mol. The van der Waals surface area contributed by atoms with Gasteiger partial charge in [0.2, 0.25) is 5.76 Å². The molecule has 0 aromatic carbocycles. The van der Waals surface area contributed by atoms with Crippen LogP contribution in [0.3, 0.4) is 0 Å². The van der Waals surface area contributed by atoms with E-state index >= 15 is 0 Å². The highest BCUT2D eigenvalue weighted by atomic mass is 19.4. The van der Waals surface area contributed by atoms with Gasteiger partial charge >= 0.3 is 6.18 Å². The molecule has 2 nitrogen and oxygen atoms in total. The molecule has 2 aliphatic carbocycles. The number of alkyl halides is 3. The van der Waals surface area contributed by atoms with E-state index in [2.05, 4.69) is 0 Å². The first-order valence-corrected chi connectivity index (χ1v) is 5.58. The van der Waals surface area contributed by atoms with E-state index in [0.717, 1.165) is 0 Å². The highest BCUT2D eigenvalue weighted by Crippen LogP contribution is 2.66. The number of aliphatic hydroxyl groups excluding tert-OH is 1. The van der Waals surface area contributed by atoms with Gasteiger partial charge in [-0.2, -0.15) is 13.2 Å². The second kappa shape index (κ2) is 3.06. The van der Waals surface area contributed by atoms with Crippen molar-refractivity contribution in [2.75, 3.05) is 0 Å². The quantitative estimate of drug-likeness (QED) is 0.527. The lowest BCUT2D eigenvalue weighted by Gasteiger charge is -2.31. The van der Waals surface area contributed by atoms with Gasteiger partial charge in [-0.3, -0.25) is 4.79 Å². The van der Waals surface area contributed by atoms with E-state index in [4.69, 9.17) is 0 Å². The summed E-state index contributed by atoms with van der Waals surface area (Å²) >= 11 is 0. The van der Waals surface area contributed by atoms with Crippen molar-refractivity contribution in [3.63, 3.8) is 0 Å². The molecule has 0 aliphatic heterocycles. The fourth-order valence-corrected chi connectivity index (χ4v) is 3.29. The summed E-state index contributed by atoms with van der Waals surface area (Å²) in [6, 6.07) is 0. The van der Waals surface area contributed by atoms with Gasteiger partial charge in [0.15, 0.2) is 5.78 Å². The van der Waals surface area contributed by atoms with Crippen molar-refractivity contribution in [3.05, 3.63) is 11.3 Å². The van der Waals surface area contributed by atoms with E-state index in [0.29, 0.717) is 12.8 Å². The molecule has 2 atom stereocenters. The number of ketones is 1. The first kappa shape index (κ1) is 12.5. The fourth-order valence-electron chi connectivity index (χ4n) is 3.29. The Morgan fingerprint density at radius 1 is 1.35 bits per heavy atom. The van der Waals surface area contributed by atoms with Crippen LogP contribution < -0.4 is 0 Å². The number of rotatable bonds is 0. The Balaban J connectivity index is 2.60. The zero-order valence-corrected chi connectivity index (χ0v) is 9.98. The molecule has 0 saturated heterocycles. The number of allylic oxidation sites excluding steroid dienone is 2. The van der Waals surface area contributed by atoms with Crippen LogP contribution in [0.4, 0.5) is 13.2 Å². The van der Waals surface area contributed by atoms with Gasteiger partial charge in [0.05, 0.1) is 0 Å². The van der Waals surface area contributed by atoms with Crippen molar-refractivity contribution < 1.29 is 23.1 Å². The molecular formula is C12H15F3O2.